The van der Waals surface area contributed by atoms with E-state index in [2.05, 4.69) is 22.5 Å². The molecule has 1 saturated heterocycles. The first-order valence-corrected chi connectivity index (χ1v) is 8.78. The Morgan fingerprint density at radius 2 is 1.88 bits per heavy atom. The van der Waals surface area contributed by atoms with E-state index in [9.17, 15) is 9.18 Å². The molecule has 0 radical (unpaired) electrons. The highest BCUT2D eigenvalue weighted by Gasteiger charge is 2.23. The molecular formula is C20H24FN3O. The molecule has 0 aliphatic carbocycles. The van der Waals surface area contributed by atoms with Crippen molar-refractivity contribution in [2.24, 2.45) is 5.92 Å². The van der Waals surface area contributed by atoms with Gasteiger partial charge in [-0.15, -0.1) is 0 Å². The number of carbonyl (C=O) groups is 1. The zero-order valence-electron chi connectivity index (χ0n) is 14.5. The van der Waals surface area contributed by atoms with E-state index in [0.29, 0.717) is 12.5 Å². The summed E-state index contributed by atoms with van der Waals surface area (Å²) in [6.45, 7) is 4.54. The van der Waals surface area contributed by atoms with Gasteiger partial charge in [-0.1, -0.05) is 19.1 Å². The Hall–Kier alpha value is -2.56. The quantitative estimate of drug-likeness (QED) is 0.862. The smallest absolute Gasteiger partial charge is 0.319 e. The summed E-state index contributed by atoms with van der Waals surface area (Å²) in [4.78, 5) is 14.3. The Labute approximate surface area is 148 Å². The molecule has 1 aliphatic heterocycles. The van der Waals surface area contributed by atoms with Gasteiger partial charge in [0, 0.05) is 31.0 Å². The van der Waals surface area contributed by atoms with Gasteiger partial charge >= 0.3 is 6.03 Å². The number of aryl methyl sites for hydroxylation is 1. The molecule has 132 valence electrons. The second kappa shape index (κ2) is 8.01. The topological polar surface area (TPSA) is 44.4 Å². The molecule has 0 saturated carbocycles. The molecule has 1 heterocycles. The van der Waals surface area contributed by atoms with E-state index in [4.69, 9.17) is 0 Å². The number of amides is 2. The number of nitrogens with zero attached hydrogens (tertiary/aromatic N) is 1. The van der Waals surface area contributed by atoms with Gasteiger partial charge in [0.1, 0.15) is 5.82 Å². The Morgan fingerprint density at radius 1 is 1.16 bits per heavy atom. The highest BCUT2D eigenvalue weighted by Crippen LogP contribution is 2.23. The lowest BCUT2D eigenvalue weighted by Crippen LogP contribution is -2.34. The molecule has 2 aromatic carbocycles. The molecule has 0 aromatic heterocycles. The Balaban J connectivity index is 1.44. The third-order valence-electron chi connectivity index (χ3n) is 4.65. The van der Waals surface area contributed by atoms with E-state index in [-0.39, 0.29) is 11.8 Å². The van der Waals surface area contributed by atoms with Crippen molar-refractivity contribution in [3.05, 3.63) is 59.9 Å². The van der Waals surface area contributed by atoms with Crippen molar-refractivity contribution < 1.29 is 9.18 Å². The van der Waals surface area contributed by atoms with Crippen LogP contribution < -0.4 is 15.5 Å². The van der Waals surface area contributed by atoms with E-state index in [0.717, 1.165) is 37.3 Å². The lowest BCUT2D eigenvalue weighted by atomic mass is 10.1. The molecule has 1 fully saturated rings. The van der Waals surface area contributed by atoms with Crippen LogP contribution in [-0.2, 0) is 6.42 Å². The molecule has 2 amide bonds. The summed E-state index contributed by atoms with van der Waals surface area (Å²) in [6, 6.07) is 14.3. The third-order valence-corrected chi connectivity index (χ3v) is 4.65. The monoisotopic (exact) mass is 341 g/mol. The summed E-state index contributed by atoms with van der Waals surface area (Å²) in [6.07, 6.45) is 2.00. The van der Waals surface area contributed by atoms with E-state index in [1.54, 1.807) is 12.1 Å². The van der Waals surface area contributed by atoms with Crippen LogP contribution in [0.25, 0.3) is 0 Å². The maximum atomic E-state index is 13.0. The number of urea groups is 1. The van der Waals surface area contributed by atoms with Crippen LogP contribution >= 0.6 is 0 Å². The van der Waals surface area contributed by atoms with E-state index >= 15 is 0 Å². The second-order valence-electron chi connectivity index (χ2n) is 6.46. The average Bonchev–Trinajstić information content (AvgIpc) is 3.10. The molecular weight excluding hydrogens is 317 g/mol. The van der Waals surface area contributed by atoms with E-state index < -0.39 is 0 Å². The van der Waals surface area contributed by atoms with E-state index in [1.165, 1.54) is 17.7 Å². The fourth-order valence-electron chi connectivity index (χ4n) is 3.12. The Kier molecular flexibility index (Phi) is 5.53. The standard InChI is InChI=1S/C20H24FN3O/c1-2-15-3-7-18(8-4-15)23-20(25)22-13-16-11-12-24(14-16)19-9-5-17(21)6-10-19/h3-10,16H,2,11-14H2,1H3,(H2,22,23,25)/t16-/m1/s1. The van der Waals surface area contributed by atoms with Crippen LogP contribution in [-0.4, -0.2) is 25.7 Å². The van der Waals surface area contributed by atoms with Gasteiger partial charge in [0.25, 0.3) is 0 Å². The number of rotatable bonds is 5. The number of hydrogen-bond acceptors (Lipinski definition) is 2. The van der Waals surface area contributed by atoms with Crippen LogP contribution in [0.3, 0.4) is 0 Å². The van der Waals surface area contributed by atoms with Gasteiger partial charge in [-0.3, -0.25) is 0 Å². The summed E-state index contributed by atoms with van der Waals surface area (Å²) in [5.74, 6) is 0.183. The van der Waals surface area contributed by atoms with E-state index in [1.807, 2.05) is 24.3 Å². The molecule has 4 nitrogen and oxygen atoms in total. The molecule has 1 aliphatic rings. The minimum absolute atomic E-state index is 0.176. The maximum absolute atomic E-state index is 13.0. The highest BCUT2D eigenvalue weighted by molar-refractivity contribution is 5.89. The molecule has 0 unspecified atom stereocenters. The molecule has 2 aromatic rings. The fraction of sp³-hybridized carbons (Fsp3) is 0.350. The van der Waals surface area contributed by atoms with Gasteiger partial charge in [0.05, 0.1) is 0 Å². The van der Waals surface area contributed by atoms with Crippen LogP contribution in [0.1, 0.15) is 18.9 Å². The van der Waals surface area contributed by atoms with Crippen molar-refractivity contribution in [1.82, 2.24) is 5.32 Å². The number of hydrogen-bond donors (Lipinski definition) is 2. The maximum Gasteiger partial charge on any atom is 0.319 e. The van der Waals surface area contributed by atoms with Gasteiger partial charge in [0.15, 0.2) is 0 Å². The van der Waals surface area contributed by atoms with Crippen molar-refractivity contribution in [3.8, 4) is 0 Å². The summed E-state index contributed by atoms with van der Waals surface area (Å²) >= 11 is 0. The molecule has 3 rings (SSSR count). The minimum Gasteiger partial charge on any atom is -0.371 e. The van der Waals surface area contributed by atoms with Crippen LogP contribution in [0.4, 0.5) is 20.6 Å². The number of benzene rings is 2. The zero-order valence-corrected chi connectivity index (χ0v) is 14.5. The van der Waals surface area contributed by atoms with Crippen LogP contribution in [0.2, 0.25) is 0 Å². The Bertz CT molecular complexity index is 700. The fourth-order valence-corrected chi connectivity index (χ4v) is 3.12. The summed E-state index contributed by atoms with van der Waals surface area (Å²) in [7, 11) is 0. The molecule has 0 spiro atoms. The van der Waals surface area contributed by atoms with Crippen molar-refractivity contribution >= 4 is 17.4 Å². The van der Waals surface area contributed by atoms with Gasteiger partial charge in [-0.2, -0.15) is 0 Å². The number of carbonyl (C=O) groups excluding carboxylic acids is 1. The van der Waals surface area contributed by atoms with Crippen molar-refractivity contribution in [3.63, 3.8) is 0 Å². The van der Waals surface area contributed by atoms with Crippen LogP contribution in [0, 0.1) is 11.7 Å². The first kappa shape index (κ1) is 17.3. The molecule has 0 bridgehead atoms. The average molecular weight is 341 g/mol. The largest absolute Gasteiger partial charge is 0.371 e. The first-order valence-electron chi connectivity index (χ1n) is 8.78. The Morgan fingerprint density at radius 3 is 2.56 bits per heavy atom. The highest BCUT2D eigenvalue weighted by atomic mass is 19.1. The lowest BCUT2D eigenvalue weighted by molar-refractivity contribution is 0.250. The third kappa shape index (κ3) is 4.72. The second-order valence-corrected chi connectivity index (χ2v) is 6.46. The number of anilines is 2. The normalized spacial score (nSPS) is 16.7. The lowest BCUT2D eigenvalue weighted by Gasteiger charge is -2.19. The zero-order chi connectivity index (χ0) is 17.6. The van der Waals surface area contributed by atoms with Crippen molar-refractivity contribution in [2.75, 3.05) is 29.9 Å². The number of nitrogens with one attached hydrogen (secondary N) is 2. The molecule has 25 heavy (non-hydrogen) atoms. The predicted octanol–water partition coefficient (Wildman–Crippen LogP) is 4.04. The van der Waals surface area contributed by atoms with Gasteiger partial charge in [0.2, 0.25) is 0 Å². The number of halogens is 1. The van der Waals surface area contributed by atoms with Crippen LogP contribution in [0.5, 0.6) is 0 Å². The van der Waals surface area contributed by atoms with Crippen molar-refractivity contribution in [1.29, 1.82) is 0 Å². The van der Waals surface area contributed by atoms with Gasteiger partial charge in [-0.25, -0.2) is 9.18 Å². The summed E-state index contributed by atoms with van der Waals surface area (Å²) in [5.41, 5.74) is 3.08. The molecule has 1 atom stereocenters. The minimum atomic E-state index is -0.218. The SMILES string of the molecule is CCc1ccc(NC(=O)NC[C@H]2CCN(c3ccc(F)cc3)C2)cc1. The first-order chi connectivity index (χ1) is 12.1. The molecule has 5 heteroatoms. The summed E-state index contributed by atoms with van der Waals surface area (Å²) in [5, 5.41) is 5.81. The van der Waals surface area contributed by atoms with Gasteiger partial charge < -0.3 is 15.5 Å². The van der Waals surface area contributed by atoms with Crippen molar-refractivity contribution in [2.45, 2.75) is 19.8 Å². The van der Waals surface area contributed by atoms with Crippen LogP contribution in [0.15, 0.2) is 48.5 Å². The summed E-state index contributed by atoms with van der Waals surface area (Å²) < 4.78 is 13.0. The predicted molar refractivity (Wildman–Crippen MR) is 99.6 cm³/mol. The van der Waals surface area contributed by atoms with Gasteiger partial charge in [-0.05, 0) is 60.7 Å². The molecule has 2 N–H and O–H groups in total.